The summed E-state index contributed by atoms with van der Waals surface area (Å²) in [5, 5.41) is 16.6. The van der Waals surface area contributed by atoms with Crippen LogP contribution in [0.15, 0.2) is 91.4 Å². The number of nitrogen functional groups attached to an aromatic ring is 1. The summed E-state index contributed by atoms with van der Waals surface area (Å²) in [6, 6.07) is 21.3. The van der Waals surface area contributed by atoms with E-state index in [0.717, 1.165) is 36.9 Å². The quantitative estimate of drug-likeness (QED) is 0.116. The van der Waals surface area contributed by atoms with Gasteiger partial charge in [0.2, 0.25) is 0 Å². The molecule has 5 aromatic heterocycles. The monoisotopic (exact) mass is 795 g/mol. The van der Waals surface area contributed by atoms with Gasteiger partial charge in [-0.15, -0.1) is 0 Å². The lowest BCUT2D eigenvalue weighted by Crippen LogP contribution is -2.19. The average Bonchev–Trinajstić information content (AvgIpc) is 3.97. The molecule has 56 heavy (non-hydrogen) atoms. The summed E-state index contributed by atoms with van der Waals surface area (Å²) < 4.78 is 16.1. The second kappa shape index (κ2) is 17.4. The predicted octanol–water partition coefficient (Wildman–Crippen LogP) is 6.08. The Labute approximate surface area is 327 Å². The van der Waals surface area contributed by atoms with Crippen LogP contribution < -0.4 is 31.2 Å². The molecule has 288 valence electrons. The molecule has 3 amide bonds. The van der Waals surface area contributed by atoms with E-state index < -0.39 is 5.97 Å². The molecule has 0 fully saturated rings. The number of carbonyl (C=O) groups is 4. The number of amides is 3. The third-order valence-electron chi connectivity index (χ3n) is 7.94. The Kier molecular flexibility index (Phi) is 12.5. The summed E-state index contributed by atoms with van der Waals surface area (Å²) in [7, 11) is 6.36. The highest BCUT2D eigenvalue weighted by Crippen LogP contribution is 2.31. The number of aromatic carboxylic acids is 1. The van der Waals surface area contributed by atoms with Crippen LogP contribution in [0.25, 0.3) is 30.4 Å². The van der Waals surface area contributed by atoms with Crippen LogP contribution in [0.3, 0.4) is 0 Å². The molecule has 0 aliphatic carbocycles. The highest BCUT2D eigenvalue weighted by atomic mass is 32.1. The molecule has 0 spiro atoms. The number of carboxylic acids is 1. The van der Waals surface area contributed by atoms with Gasteiger partial charge in [0.15, 0.2) is 15.6 Å². The lowest BCUT2D eigenvalue weighted by atomic mass is 10.2. The third kappa shape index (κ3) is 8.67. The number of nitrogens with one attached hydrogen (secondary N) is 3. The summed E-state index contributed by atoms with van der Waals surface area (Å²) in [4.78, 5) is 59.6. The van der Waals surface area contributed by atoms with Crippen molar-refractivity contribution in [2.24, 2.45) is 0 Å². The standard InChI is InChI=1S/C18H15N5O3S.C11H8N2O3S.C8H10N2O.CH4/c1-19-16(24)12-5-3-10(8-20-12)21-17(25)13-9-23-14-6-4-11(26-2)7-15(14)27-18(23)22-13;1-16-6-2-3-8-9(4-6)17-11-12-7(10(14)15)5-13(8)11;1-10-8(11)6-2-4-7(9)5-3-6;/h3-9H,1-2H3,(H,19,24)(H,21,25);2-5H,1H3,(H,14,15);2-5H,9H2,1H3,(H,10,11);1H4. The molecular weight excluding hydrogens is 759 g/mol. The number of methoxy groups -OCH3 is 2. The first-order valence-electron chi connectivity index (χ1n) is 16.2. The Morgan fingerprint density at radius 1 is 0.696 bits per heavy atom. The summed E-state index contributed by atoms with van der Waals surface area (Å²) in [6.07, 6.45) is 4.66. The fourth-order valence-corrected chi connectivity index (χ4v) is 7.21. The molecule has 0 radical (unpaired) electrons. The molecule has 6 N–H and O–H groups in total. The van der Waals surface area contributed by atoms with E-state index in [2.05, 4.69) is 30.9 Å². The first-order valence-corrected chi connectivity index (χ1v) is 17.9. The van der Waals surface area contributed by atoms with Crippen LogP contribution in [0.2, 0.25) is 0 Å². The molecule has 0 saturated carbocycles. The molecule has 16 nitrogen and oxygen atoms in total. The number of nitrogens with zero attached hydrogens (tertiary/aromatic N) is 5. The lowest BCUT2D eigenvalue weighted by Gasteiger charge is -2.04. The highest BCUT2D eigenvalue weighted by Gasteiger charge is 2.16. The molecule has 0 aliphatic heterocycles. The topological polar surface area (TPSA) is 217 Å². The maximum Gasteiger partial charge on any atom is 0.356 e. The molecular formula is C38H37N9O7S2. The van der Waals surface area contributed by atoms with Crippen LogP contribution in [-0.2, 0) is 0 Å². The van der Waals surface area contributed by atoms with Gasteiger partial charge in [-0.1, -0.05) is 30.1 Å². The Hall–Kier alpha value is -7.05. The van der Waals surface area contributed by atoms with Crippen LogP contribution in [0.4, 0.5) is 11.4 Å². The molecule has 3 aromatic carbocycles. The van der Waals surface area contributed by atoms with Crippen LogP contribution >= 0.6 is 22.7 Å². The minimum atomic E-state index is -1.01. The fourth-order valence-electron chi connectivity index (χ4n) is 5.13. The molecule has 0 atom stereocenters. The average molecular weight is 796 g/mol. The number of fused-ring (bicyclic) bond motifs is 6. The summed E-state index contributed by atoms with van der Waals surface area (Å²) >= 11 is 2.92. The number of hydrogen-bond donors (Lipinski definition) is 5. The minimum Gasteiger partial charge on any atom is -0.497 e. The zero-order valence-corrected chi connectivity index (χ0v) is 31.3. The summed E-state index contributed by atoms with van der Waals surface area (Å²) in [5.74, 6) is -0.182. The van der Waals surface area contributed by atoms with Gasteiger partial charge >= 0.3 is 5.97 Å². The van der Waals surface area contributed by atoms with Crippen molar-refractivity contribution in [1.29, 1.82) is 0 Å². The van der Waals surface area contributed by atoms with Gasteiger partial charge in [0, 0.05) is 37.7 Å². The number of imidazole rings is 2. The molecule has 0 aliphatic rings. The van der Waals surface area contributed by atoms with E-state index in [1.54, 1.807) is 68.3 Å². The fraction of sp³-hybridized carbons (Fsp3) is 0.132. The van der Waals surface area contributed by atoms with Crippen molar-refractivity contribution in [3.63, 3.8) is 0 Å². The van der Waals surface area contributed by atoms with Gasteiger partial charge in [0.1, 0.15) is 22.9 Å². The maximum atomic E-state index is 12.5. The van der Waals surface area contributed by atoms with E-state index in [-0.39, 0.29) is 36.5 Å². The zero-order chi connectivity index (χ0) is 39.2. The molecule has 0 unspecified atom stereocenters. The number of carbonyl (C=O) groups excluding carboxylic acids is 3. The summed E-state index contributed by atoms with van der Waals surface area (Å²) in [6.45, 7) is 0. The van der Waals surface area contributed by atoms with Gasteiger partial charge in [0.25, 0.3) is 17.7 Å². The number of pyridine rings is 1. The smallest absolute Gasteiger partial charge is 0.356 e. The minimum absolute atomic E-state index is 0. The van der Waals surface area contributed by atoms with Crippen LogP contribution in [0.1, 0.15) is 49.3 Å². The van der Waals surface area contributed by atoms with Gasteiger partial charge < -0.3 is 36.3 Å². The Morgan fingerprint density at radius 3 is 1.71 bits per heavy atom. The lowest BCUT2D eigenvalue weighted by molar-refractivity contribution is 0.0690. The Bertz CT molecular complexity index is 2680. The van der Waals surface area contributed by atoms with Gasteiger partial charge in [0.05, 0.1) is 46.5 Å². The van der Waals surface area contributed by atoms with Gasteiger partial charge in [-0.25, -0.2) is 19.7 Å². The van der Waals surface area contributed by atoms with E-state index in [1.807, 2.05) is 40.8 Å². The second-order valence-corrected chi connectivity index (χ2v) is 13.4. The first-order chi connectivity index (χ1) is 26.5. The van der Waals surface area contributed by atoms with Gasteiger partial charge in [-0.3, -0.25) is 23.2 Å². The van der Waals surface area contributed by atoms with Crippen molar-refractivity contribution in [3.8, 4) is 11.5 Å². The molecule has 0 saturated heterocycles. The van der Waals surface area contributed by atoms with Gasteiger partial charge in [-0.05, 0) is 72.8 Å². The van der Waals surface area contributed by atoms with Crippen molar-refractivity contribution in [1.82, 2.24) is 34.4 Å². The number of nitrogens with two attached hydrogens (primary N) is 1. The van der Waals surface area contributed by atoms with Crippen LogP contribution in [0.5, 0.6) is 11.5 Å². The molecule has 5 heterocycles. The van der Waals surface area contributed by atoms with E-state index >= 15 is 0 Å². The normalized spacial score (nSPS) is 10.4. The predicted molar refractivity (Wildman–Crippen MR) is 218 cm³/mol. The van der Waals surface area contributed by atoms with E-state index in [4.69, 9.17) is 20.3 Å². The van der Waals surface area contributed by atoms with E-state index in [1.165, 1.54) is 42.1 Å². The Morgan fingerprint density at radius 2 is 1.23 bits per heavy atom. The third-order valence-corrected chi connectivity index (χ3v) is 9.97. The number of thiazole rings is 2. The Balaban J connectivity index is 0.000000177. The van der Waals surface area contributed by atoms with E-state index in [0.29, 0.717) is 27.6 Å². The highest BCUT2D eigenvalue weighted by molar-refractivity contribution is 7.24. The zero-order valence-electron chi connectivity index (χ0n) is 29.7. The van der Waals surface area contributed by atoms with Gasteiger partial charge in [-0.2, -0.15) is 0 Å². The first kappa shape index (κ1) is 40.1. The van der Waals surface area contributed by atoms with Crippen molar-refractivity contribution in [2.45, 2.75) is 7.43 Å². The SMILES string of the molecule is C.CNC(=O)c1ccc(N)cc1.CNC(=O)c1ccc(NC(=O)c2cn3c(n2)sc2cc(OC)ccc23)cn1.COc1ccc2c(c1)sc1nc(C(=O)O)cn12. The number of hydrogen-bond acceptors (Lipinski definition) is 12. The van der Waals surface area contributed by atoms with Crippen molar-refractivity contribution in [3.05, 3.63) is 114 Å². The maximum absolute atomic E-state index is 12.5. The van der Waals surface area contributed by atoms with Crippen molar-refractivity contribution < 1.29 is 33.8 Å². The number of ether oxygens (including phenoxy) is 2. The number of anilines is 2. The van der Waals surface area contributed by atoms with E-state index in [9.17, 15) is 19.2 Å². The second-order valence-electron chi connectivity index (χ2n) is 11.4. The van der Waals surface area contributed by atoms with Crippen LogP contribution in [-0.4, -0.2) is 80.9 Å². The number of rotatable bonds is 7. The number of benzene rings is 3. The molecule has 8 rings (SSSR count). The van der Waals surface area contributed by atoms with Crippen molar-refractivity contribution >= 4 is 88.1 Å². The molecule has 18 heteroatoms. The van der Waals surface area contributed by atoms with Crippen molar-refractivity contribution in [2.75, 3.05) is 39.4 Å². The number of aromatic nitrogens is 5. The summed E-state index contributed by atoms with van der Waals surface area (Å²) in [5.41, 5.74) is 9.75. The molecule has 0 bridgehead atoms. The largest absolute Gasteiger partial charge is 0.497 e. The molecule has 8 aromatic rings. The number of carboxylic acid groups (broad SMARTS) is 1. The van der Waals surface area contributed by atoms with Crippen LogP contribution in [0, 0.1) is 0 Å².